The highest BCUT2D eigenvalue weighted by molar-refractivity contribution is 7.89. The largest absolute Gasteiger partial charge is 0.314 e. The molecular weight excluding hydrogens is 188 g/mol. The van der Waals surface area contributed by atoms with E-state index in [1.54, 1.807) is 0 Å². The minimum Gasteiger partial charge on any atom is -0.314 e. The average Bonchev–Trinajstić information content (AvgIpc) is 2.04. The second kappa shape index (κ2) is 3.87. The normalized spacial score (nSPS) is 14.0. The van der Waals surface area contributed by atoms with E-state index in [2.05, 4.69) is 0 Å². The zero-order valence-electron chi connectivity index (χ0n) is 7.05. The lowest BCUT2D eigenvalue weighted by Crippen LogP contribution is -2.37. The van der Waals surface area contributed by atoms with Crippen molar-refractivity contribution in [1.29, 1.82) is 0 Å². The van der Waals surface area contributed by atoms with Crippen molar-refractivity contribution in [3.63, 3.8) is 0 Å². The molecule has 0 amide bonds. The topological polar surface area (TPSA) is 86.2 Å². The second-order valence-electron chi connectivity index (χ2n) is 2.82. The average molecular weight is 200 g/mol. The fourth-order valence-electron chi connectivity index (χ4n) is 0.963. The highest BCUT2D eigenvalue weighted by Crippen LogP contribution is 2.03. The highest BCUT2D eigenvalue weighted by Gasteiger charge is 2.15. The van der Waals surface area contributed by atoms with E-state index in [0.29, 0.717) is 0 Å². The van der Waals surface area contributed by atoms with Crippen molar-refractivity contribution in [3.05, 3.63) is 35.9 Å². The fraction of sp³-hybridized carbons (Fsp3) is 0.250. The van der Waals surface area contributed by atoms with Gasteiger partial charge in [-0.2, -0.15) is 0 Å². The zero-order valence-corrected chi connectivity index (χ0v) is 7.87. The van der Waals surface area contributed by atoms with E-state index >= 15 is 0 Å². The van der Waals surface area contributed by atoms with Crippen molar-refractivity contribution >= 4 is 10.0 Å². The smallest absolute Gasteiger partial charge is 0.225 e. The third-order valence-electron chi connectivity index (χ3n) is 1.70. The highest BCUT2D eigenvalue weighted by atomic mass is 32.2. The van der Waals surface area contributed by atoms with Crippen LogP contribution >= 0.6 is 0 Å². The van der Waals surface area contributed by atoms with E-state index in [9.17, 15) is 8.42 Å². The van der Waals surface area contributed by atoms with Gasteiger partial charge in [-0.25, -0.2) is 13.6 Å². The molecule has 0 aliphatic carbocycles. The first-order valence-electron chi connectivity index (χ1n) is 3.81. The molecule has 0 heterocycles. The molecule has 0 radical (unpaired) electrons. The number of sulfonamides is 1. The molecule has 5 heteroatoms. The summed E-state index contributed by atoms with van der Waals surface area (Å²) in [7, 11) is -3.62. The molecule has 72 valence electrons. The maximum Gasteiger partial charge on any atom is 0.225 e. The number of rotatable bonds is 3. The molecule has 1 aromatic rings. The number of nitrogens with two attached hydrogens (primary N) is 2. The van der Waals surface area contributed by atoms with Gasteiger partial charge in [0.25, 0.3) is 0 Å². The molecule has 0 unspecified atom stereocenters. The molecule has 0 spiro atoms. The summed E-state index contributed by atoms with van der Waals surface area (Å²) < 4.78 is 21.6. The summed E-state index contributed by atoms with van der Waals surface area (Å²) in [4.78, 5) is 0. The first-order chi connectivity index (χ1) is 6.00. The monoisotopic (exact) mass is 200 g/mol. The number of hydrogen-bond acceptors (Lipinski definition) is 3. The van der Waals surface area contributed by atoms with Gasteiger partial charge in [-0.05, 0) is 5.56 Å². The van der Waals surface area contributed by atoms with Crippen LogP contribution in [0.4, 0.5) is 0 Å². The predicted molar refractivity (Wildman–Crippen MR) is 51.2 cm³/mol. The Labute approximate surface area is 77.6 Å². The lowest BCUT2D eigenvalue weighted by atomic mass is 10.2. The van der Waals surface area contributed by atoms with Crippen LogP contribution in [-0.2, 0) is 16.4 Å². The van der Waals surface area contributed by atoms with E-state index in [-0.39, 0.29) is 6.42 Å². The molecular formula is C8H12N2O2S. The van der Waals surface area contributed by atoms with Crippen LogP contribution in [0.25, 0.3) is 0 Å². The quantitative estimate of drug-likeness (QED) is 0.708. The second-order valence-corrected chi connectivity index (χ2v) is 4.60. The fourth-order valence-corrected chi connectivity index (χ4v) is 1.39. The van der Waals surface area contributed by atoms with Gasteiger partial charge >= 0.3 is 0 Å². The number of benzene rings is 1. The standard InChI is InChI=1S/C8H12N2O2S/c9-8(13(10,11)12)6-7-4-2-1-3-5-7/h1-5,8H,6,9H2,(H2,10,11,12)/t8-/m1/s1. The maximum atomic E-state index is 10.8. The van der Waals surface area contributed by atoms with Crippen molar-refractivity contribution in [2.24, 2.45) is 10.9 Å². The van der Waals surface area contributed by atoms with Crippen molar-refractivity contribution in [1.82, 2.24) is 0 Å². The molecule has 0 aliphatic rings. The Balaban J connectivity index is 2.72. The molecule has 0 aromatic heterocycles. The molecule has 1 rings (SSSR count). The summed E-state index contributed by atoms with van der Waals surface area (Å²) in [6.45, 7) is 0. The summed E-state index contributed by atoms with van der Waals surface area (Å²) in [5.41, 5.74) is 6.23. The molecule has 13 heavy (non-hydrogen) atoms. The van der Waals surface area contributed by atoms with E-state index < -0.39 is 15.4 Å². The van der Waals surface area contributed by atoms with E-state index in [0.717, 1.165) is 5.56 Å². The summed E-state index contributed by atoms with van der Waals surface area (Å²) in [6, 6.07) is 9.12. The van der Waals surface area contributed by atoms with Gasteiger partial charge in [0.05, 0.1) is 0 Å². The van der Waals surface area contributed by atoms with Gasteiger partial charge in [0.1, 0.15) is 5.37 Å². The molecule has 1 aromatic carbocycles. The third-order valence-corrected chi connectivity index (χ3v) is 2.71. The van der Waals surface area contributed by atoms with Crippen molar-refractivity contribution < 1.29 is 8.42 Å². The minimum absolute atomic E-state index is 0.250. The van der Waals surface area contributed by atoms with Crippen LogP contribution in [0.2, 0.25) is 0 Å². The Kier molecular flexibility index (Phi) is 3.02. The summed E-state index contributed by atoms with van der Waals surface area (Å²) >= 11 is 0. The minimum atomic E-state index is -3.62. The van der Waals surface area contributed by atoms with E-state index in [1.165, 1.54) is 0 Å². The van der Waals surface area contributed by atoms with Gasteiger partial charge in [-0.1, -0.05) is 30.3 Å². The first kappa shape index (κ1) is 10.2. The molecule has 4 nitrogen and oxygen atoms in total. The molecule has 4 N–H and O–H groups in total. The number of hydrogen-bond donors (Lipinski definition) is 2. The SMILES string of the molecule is N[C@@H](Cc1ccccc1)S(N)(=O)=O. The molecule has 0 aliphatic heterocycles. The van der Waals surface area contributed by atoms with E-state index in [1.807, 2.05) is 30.3 Å². The summed E-state index contributed by atoms with van der Waals surface area (Å²) in [6.07, 6.45) is 0.250. The molecule has 0 saturated heterocycles. The first-order valence-corrected chi connectivity index (χ1v) is 5.42. The van der Waals surface area contributed by atoms with Crippen LogP contribution in [-0.4, -0.2) is 13.8 Å². The maximum absolute atomic E-state index is 10.8. The molecule has 0 fully saturated rings. The Morgan fingerprint density at radius 1 is 1.23 bits per heavy atom. The van der Waals surface area contributed by atoms with Gasteiger partial charge in [0.2, 0.25) is 10.0 Å². The van der Waals surface area contributed by atoms with Gasteiger partial charge < -0.3 is 5.73 Å². The Bertz CT molecular complexity index is 361. The van der Waals surface area contributed by atoms with Gasteiger partial charge in [-0.15, -0.1) is 0 Å². The van der Waals surface area contributed by atoms with Crippen molar-refractivity contribution in [2.75, 3.05) is 0 Å². The van der Waals surface area contributed by atoms with Crippen LogP contribution in [0.15, 0.2) is 30.3 Å². The molecule has 0 bridgehead atoms. The molecule has 0 saturated carbocycles. The Morgan fingerprint density at radius 2 is 1.77 bits per heavy atom. The lowest BCUT2D eigenvalue weighted by molar-refractivity contribution is 0.581. The van der Waals surface area contributed by atoms with Gasteiger partial charge in [-0.3, -0.25) is 0 Å². The van der Waals surface area contributed by atoms with Crippen molar-refractivity contribution in [3.8, 4) is 0 Å². The van der Waals surface area contributed by atoms with Gasteiger partial charge in [0.15, 0.2) is 0 Å². The third kappa shape index (κ3) is 3.14. The van der Waals surface area contributed by atoms with Crippen LogP contribution in [0.3, 0.4) is 0 Å². The number of primary sulfonamides is 1. The summed E-state index contributed by atoms with van der Waals surface area (Å²) in [5.74, 6) is 0. The Morgan fingerprint density at radius 3 is 2.23 bits per heavy atom. The van der Waals surface area contributed by atoms with Gasteiger partial charge in [0, 0.05) is 6.42 Å². The van der Waals surface area contributed by atoms with Crippen LogP contribution in [0.1, 0.15) is 5.56 Å². The lowest BCUT2D eigenvalue weighted by Gasteiger charge is -2.08. The van der Waals surface area contributed by atoms with Crippen LogP contribution in [0.5, 0.6) is 0 Å². The molecule has 1 atom stereocenters. The summed E-state index contributed by atoms with van der Waals surface area (Å²) in [5, 5.41) is 3.86. The van der Waals surface area contributed by atoms with E-state index in [4.69, 9.17) is 10.9 Å². The van der Waals surface area contributed by atoms with Crippen molar-refractivity contribution in [2.45, 2.75) is 11.8 Å². The Hall–Kier alpha value is -0.910. The zero-order chi connectivity index (χ0) is 9.90. The van der Waals surface area contributed by atoms with Crippen LogP contribution in [0, 0.1) is 0 Å². The predicted octanol–water partition coefficient (Wildman–Crippen LogP) is -0.198. The van der Waals surface area contributed by atoms with Crippen LogP contribution < -0.4 is 10.9 Å².